The van der Waals surface area contributed by atoms with Crippen LogP contribution < -0.4 is 15.4 Å². The zero-order valence-corrected chi connectivity index (χ0v) is 14.4. The first-order valence-corrected chi connectivity index (χ1v) is 8.05. The molecule has 2 N–H and O–H groups in total. The van der Waals surface area contributed by atoms with E-state index < -0.39 is 0 Å². The van der Waals surface area contributed by atoms with Gasteiger partial charge < -0.3 is 15.4 Å². The van der Waals surface area contributed by atoms with E-state index in [2.05, 4.69) is 17.2 Å². The molecule has 0 fully saturated rings. The number of hydrogen-bond acceptors (Lipinski definition) is 3. The number of ether oxygens (including phenoxy) is 1. The van der Waals surface area contributed by atoms with E-state index in [1.807, 2.05) is 13.8 Å². The van der Waals surface area contributed by atoms with Gasteiger partial charge in [-0.25, -0.2) is 0 Å². The predicted octanol–water partition coefficient (Wildman–Crippen LogP) is 4.10. The van der Waals surface area contributed by atoms with Gasteiger partial charge in [-0.3, -0.25) is 9.59 Å². The lowest BCUT2D eigenvalue weighted by molar-refractivity contribution is -0.118. The lowest BCUT2D eigenvalue weighted by Gasteiger charge is -2.10. The van der Waals surface area contributed by atoms with Gasteiger partial charge in [0.1, 0.15) is 12.4 Å². The van der Waals surface area contributed by atoms with Crippen LogP contribution in [-0.2, 0) is 4.79 Å². The Morgan fingerprint density at radius 1 is 1.08 bits per heavy atom. The highest BCUT2D eigenvalue weighted by Crippen LogP contribution is 2.18. The molecule has 25 heavy (non-hydrogen) atoms. The van der Waals surface area contributed by atoms with E-state index in [4.69, 9.17) is 4.74 Å². The summed E-state index contributed by atoms with van der Waals surface area (Å²) < 4.78 is 5.39. The van der Waals surface area contributed by atoms with Crippen LogP contribution in [0.25, 0.3) is 0 Å². The molecule has 0 radical (unpaired) electrons. The van der Waals surface area contributed by atoms with Crippen molar-refractivity contribution < 1.29 is 14.3 Å². The molecule has 130 valence electrons. The predicted molar refractivity (Wildman–Crippen MR) is 100.0 cm³/mol. The normalized spacial score (nSPS) is 10.2. The highest BCUT2D eigenvalue weighted by atomic mass is 16.5. The summed E-state index contributed by atoms with van der Waals surface area (Å²) in [5, 5.41) is 5.62. The van der Waals surface area contributed by atoms with Gasteiger partial charge in [0.2, 0.25) is 5.91 Å². The van der Waals surface area contributed by atoms with E-state index in [1.165, 1.54) is 0 Å². The van der Waals surface area contributed by atoms with E-state index in [0.29, 0.717) is 29.3 Å². The average molecular weight is 338 g/mol. The number of carbonyl (C=O) groups excluding carboxylic acids is 2. The molecule has 5 nitrogen and oxygen atoms in total. The topological polar surface area (TPSA) is 67.4 Å². The maximum Gasteiger partial charge on any atom is 0.255 e. The van der Waals surface area contributed by atoms with Crippen LogP contribution in [0.3, 0.4) is 0 Å². The summed E-state index contributed by atoms with van der Waals surface area (Å²) in [4.78, 5) is 24.1. The van der Waals surface area contributed by atoms with Crippen LogP contribution in [0.1, 0.15) is 24.2 Å². The van der Waals surface area contributed by atoms with Crippen LogP contribution in [0.5, 0.6) is 5.75 Å². The van der Waals surface area contributed by atoms with Crippen LogP contribution in [0.15, 0.2) is 61.2 Å². The summed E-state index contributed by atoms with van der Waals surface area (Å²) in [5.74, 6) is 0.260. The Bertz CT molecular complexity index is 752. The van der Waals surface area contributed by atoms with Crippen LogP contribution >= 0.6 is 0 Å². The van der Waals surface area contributed by atoms with Crippen molar-refractivity contribution in [3.63, 3.8) is 0 Å². The van der Waals surface area contributed by atoms with Crippen molar-refractivity contribution in [3.8, 4) is 5.75 Å². The second-order valence-corrected chi connectivity index (χ2v) is 5.80. The Hall–Kier alpha value is -3.08. The standard InChI is InChI=1S/C20H22N2O3/c1-4-12-25-18-10-8-15(9-11-18)20(24)22-17-7-5-6-16(13-17)21-19(23)14(2)3/h4-11,13-14H,1,12H2,2-3H3,(H,21,23)(H,22,24). The lowest BCUT2D eigenvalue weighted by atomic mass is 10.2. The molecule has 0 heterocycles. The molecule has 2 aromatic rings. The van der Waals surface area contributed by atoms with Gasteiger partial charge in [-0.15, -0.1) is 0 Å². The first-order valence-electron chi connectivity index (χ1n) is 8.05. The lowest BCUT2D eigenvalue weighted by Crippen LogP contribution is -2.18. The van der Waals surface area contributed by atoms with Crippen LogP contribution in [0.2, 0.25) is 0 Å². The quantitative estimate of drug-likeness (QED) is 0.747. The van der Waals surface area contributed by atoms with Crippen molar-refractivity contribution in [2.24, 2.45) is 5.92 Å². The van der Waals surface area contributed by atoms with Gasteiger partial charge in [-0.05, 0) is 42.5 Å². The fourth-order valence-corrected chi connectivity index (χ4v) is 2.02. The second kappa shape index (κ2) is 8.68. The van der Waals surface area contributed by atoms with Gasteiger partial charge in [0.05, 0.1) is 0 Å². The van der Waals surface area contributed by atoms with Gasteiger partial charge in [0.15, 0.2) is 0 Å². The Labute approximate surface area is 147 Å². The summed E-state index contributed by atoms with van der Waals surface area (Å²) >= 11 is 0. The van der Waals surface area contributed by atoms with Crippen molar-refractivity contribution in [1.82, 2.24) is 0 Å². The summed E-state index contributed by atoms with van der Waals surface area (Å²) in [6.07, 6.45) is 1.66. The maximum atomic E-state index is 12.3. The number of carbonyl (C=O) groups is 2. The Kier molecular flexibility index (Phi) is 6.34. The molecular weight excluding hydrogens is 316 g/mol. The van der Waals surface area contributed by atoms with Gasteiger partial charge in [-0.1, -0.05) is 32.6 Å². The Morgan fingerprint density at radius 3 is 2.32 bits per heavy atom. The number of hydrogen-bond donors (Lipinski definition) is 2. The SMILES string of the molecule is C=CCOc1ccc(C(=O)Nc2cccc(NC(=O)C(C)C)c2)cc1. The Balaban J connectivity index is 2.02. The van der Waals surface area contributed by atoms with Crippen molar-refractivity contribution >= 4 is 23.2 Å². The highest BCUT2D eigenvalue weighted by molar-refractivity contribution is 6.04. The van der Waals surface area contributed by atoms with Crippen LogP contribution in [0.4, 0.5) is 11.4 Å². The molecule has 0 saturated heterocycles. The third-order valence-electron chi connectivity index (χ3n) is 3.40. The van der Waals surface area contributed by atoms with Crippen LogP contribution in [0, 0.1) is 5.92 Å². The molecule has 0 saturated carbocycles. The zero-order chi connectivity index (χ0) is 18.2. The third kappa shape index (κ3) is 5.49. The van der Waals surface area contributed by atoms with Gasteiger partial charge in [-0.2, -0.15) is 0 Å². The number of nitrogens with one attached hydrogen (secondary N) is 2. The summed E-state index contributed by atoms with van der Waals surface area (Å²) in [7, 11) is 0. The monoisotopic (exact) mass is 338 g/mol. The first-order chi connectivity index (χ1) is 12.0. The Morgan fingerprint density at radius 2 is 1.72 bits per heavy atom. The summed E-state index contributed by atoms with van der Waals surface area (Å²) in [5.41, 5.74) is 1.77. The van der Waals surface area contributed by atoms with E-state index in [-0.39, 0.29) is 17.7 Å². The molecular formula is C20H22N2O3. The average Bonchev–Trinajstić information content (AvgIpc) is 2.60. The minimum atomic E-state index is -0.234. The second-order valence-electron chi connectivity index (χ2n) is 5.80. The molecule has 0 unspecified atom stereocenters. The molecule has 0 bridgehead atoms. The first kappa shape index (κ1) is 18.3. The van der Waals surface area contributed by atoms with E-state index in [1.54, 1.807) is 54.6 Å². The van der Waals surface area contributed by atoms with E-state index in [9.17, 15) is 9.59 Å². The maximum absolute atomic E-state index is 12.3. The molecule has 0 aliphatic rings. The minimum absolute atomic E-state index is 0.0708. The van der Waals surface area contributed by atoms with Crippen molar-refractivity contribution in [2.45, 2.75) is 13.8 Å². The number of rotatable bonds is 7. The molecule has 5 heteroatoms. The fraction of sp³-hybridized carbons (Fsp3) is 0.200. The van der Waals surface area contributed by atoms with Crippen molar-refractivity contribution in [2.75, 3.05) is 17.2 Å². The number of amides is 2. The summed E-state index contributed by atoms with van der Waals surface area (Å²) in [6, 6.07) is 13.9. The van der Waals surface area contributed by atoms with Crippen molar-refractivity contribution in [3.05, 3.63) is 66.7 Å². The largest absolute Gasteiger partial charge is 0.490 e. The van der Waals surface area contributed by atoms with Gasteiger partial charge in [0, 0.05) is 22.9 Å². The molecule has 2 aromatic carbocycles. The molecule has 2 amide bonds. The number of benzene rings is 2. The zero-order valence-electron chi connectivity index (χ0n) is 14.4. The number of anilines is 2. The van der Waals surface area contributed by atoms with Gasteiger partial charge in [0.25, 0.3) is 5.91 Å². The summed E-state index contributed by atoms with van der Waals surface area (Å²) in [6.45, 7) is 7.65. The third-order valence-corrected chi connectivity index (χ3v) is 3.40. The highest BCUT2D eigenvalue weighted by Gasteiger charge is 2.09. The molecule has 0 aliphatic heterocycles. The minimum Gasteiger partial charge on any atom is -0.490 e. The van der Waals surface area contributed by atoms with E-state index in [0.717, 1.165) is 0 Å². The smallest absolute Gasteiger partial charge is 0.255 e. The van der Waals surface area contributed by atoms with Crippen molar-refractivity contribution in [1.29, 1.82) is 0 Å². The molecule has 0 aromatic heterocycles. The molecule has 0 aliphatic carbocycles. The van der Waals surface area contributed by atoms with E-state index >= 15 is 0 Å². The van der Waals surface area contributed by atoms with Crippen LogP contribution in [-0.4, -0.2) is 18.4 Å². The molecule has 0 spiro atoms. The molecule has 2 rings (SSSR count). The fourth-order valence-electron chi connectivity index (χ4n) is 2.02. The van der Waals surface area contributed by atoms with Gasteiger partial charge >= 0.3 is 0 Å². The molecule has 0 atom stereocenters.